The van der Waals surface area contributed by atoms with E-state index >= 15 is 0 Å². The largest absolute Gasteiger partial charge is 0.465 e. The first-order chi connectivity index (χ1) is 15.4. The Morgan fingerprint density at radius 2 is 1.91 bits per heavy atom. The van der Waals surface area contributed by atoms with E-state index in [1.165, 1.54) is 49.7 Å². The lowest BCUT2D eigenvalue weighted by atomic mass is 10.1. The molecule has 8 heteroatoms. The van der Waals surface area contributed by atoms with Crippen molar-refractivity contribution in [2.75, 3.05) is 12.4 Å². The standard InChI is InChI=1S/C24H20FN3O4/c1-32-24(31)18-11-17(15-27-23(30)21-7-2-3-10-26-21)13-20(14-18)28-22(29)9-8-16-5-4-6-19(25)12-16/h2-14H,15H2,1H3,(H,27,30)(H,28,29)/b9-8+. The number of hydrogen-bond donors (Lipinski definition) is 2. The molecule has 0 bridgehead atoms. The molecule has 0 aliphatic heterocycles. The summed E-state index contributed by atoms with van der Waals surface area (Å²) >= 11 is 0. The van der Waals surface area contributed by atoms with Gasteiger partial charge in [0.25, 0.3) is 5.91 Å². The van der Waals surface area contributed by atoms with E-state index in [1.54, 1.807) is 36.4 Å². The minimum atomic E-state index is -0.589. The fourth-order valence-corrected chi connectivity index (χ4v) is 2.84. The van der Waals surface area contributed by atoms with Crippen molar-refractivity contribution < 1.29 is 23.5 Å². The van der Waals surface area contributed by atoms with Crippen molar-refractivity contribution in [2.24, 2.45) is 0 Å². The number of pyridine rings is 1. The normalized spacial score (nSPS) is 10.6. The Morgan fingerprint density at radius 3 is 2.62 bits per heavy atom. The molecular weight excluding hydrogens is 413 g/mol. The van der Waals surface area contributed by atoms with Crippen LogP contribution in [0.2, 0.25) is 0 Å². The van der Waals surface area contributed by atoms with Gasteiger partial charge < -0.3 is 15.4 Å². The van der Waals surface area contributed by atoms with Crippen LogP contribution in [0.4, 0.5) is 10.1 Å². The maximum Gasteiger partial charge on any atom is 0.337 e. The molecular formula is C24H20FN3O4. The Bertz CT molecular complexity index is 1160. The second kappa shape index (κ2) is 10.6. The molecule has 2 N–H and O–H groups in total. The van der Waals surface area contributed by atoms with E-state index in [9.17, 15) is 18.8 Å². The van der Waals surface area contributed by atoms with Gasteiger partial charge in [0.05, 0.1) is 12.7 Å². The number of hydrogen-bond acceptors (Lipinski definition) is 5. The molecule has 0 aliphatic carbocycles. The topological polar surface area (TPSA) is 97.4 Å². The summed E-state index contributed by atoms with van der Waals surface area (Å²) in [7, 11) is 1.25. The first-order valence-electron chi connectivity index (χ1n) is 9.61. The lowest BCUT2D eigenvalue weighted by Gasteiger charge is -2.10. The minimum absolute atomic E-state index is 0.0994. The van der Waals surface area contributed by atoms with Crippen LogP contribution in [0.15, 0.2) is 72.9 Å². The third kappa shape index (κ3) is 6.33. The van der Waals surface area contributed by atoms with Crippen LogP contribution in [0.3, 0.4) is 0 Å². The average molecular weight is 433 g/mol. The van der Waals surface area contributed by atoms with Crippen molar-refractivity contribution in [3.05, 3.63) is 101 Å². The average Bonchev–Trinajstić information content (AvgIpc) is 2.81. The number of benzene rings is 2. The fourth-order valence-electron chi connectivity index (χ4n) is 2.84. The van der Waals surface area contributed by atoms with Crippen molar-refractivity contribution in [1.29, 1.82) is 0 Å². The smallest absolute Gasteiger partial charge is 0.337 e. The summed E-state index contributed by atoms with van der Waals surface area (Å²) in [6.07, 6.45) is 4.23. The van der Waals surface area contributed by atoms with Gasteiger partial charge in [-0.1, -0.05) is 18.2 Å². The Labute approximate surface area is 183 Å². The summed E-state index contributed by atoms with van der Waals surface area (Å²) in [4.78, 5) is 40.5. The number of carbonyl (C=O) groups is 3. The molecule has 1 aromatic heterocycles. The lowest BCUT2D eigenvalue weighted by molar-refractivity contribution is -0.111. The molecule has 0 saturated heterocycles. The van der Waals surface area contributed by atoms with Crippen molar-refractivity contribution in [1.82, 2.24) is 10.3 Å². The predicted octanol–water partition coefficient (Wildman–Crippen LogP) is 3.59. The summed E-state index contributed by atoms with van der Waals surface area (Å²) < 4.78 is 18.0. The molecule has 0 saturated carbocycles. The summed E-state index contributed by atoms with van der Waals surface area (Å²) in [5.74, 6) is -1.85. The molecule has 7 nitrogen and oxygen atoms in total. The van der Waals surface area contributed by atoms with Crippen molar-refractivity contribution in [3.63, 3.8) is 0 Å². The Kier molecular flexibility index (Phi) is 7.42. The Hall–Kier alpha value is -4.33. The molecule has 1 heterocycles. The van der Waals surface area contributed by atoms with E-state index < -0.39 is 17.7 Å². The van der Waals surface area contributed by atoms with E-state index in [4.69, 9.17) is 4.74 Å². The van der Waals surface area contributed by atoms with Gasteiger partial charge in [0.2, 0.25) is 5.91 Å². The van der Waals surface area contributed by atoms with Crippen LogP contribution in [-0.2, 0) is 16.1 Å². The monoisotopic (exact) mass is 433 g/mol. The van der Waals surface area contributed by atoms with Crippen LogP contribution in [0, 0.1) is 5.82 Å². The zero-order chi connectivity index (χ0) is 22.9. The highest BCUT2D eigenvalue weighted by Crippen LogP contribution is 2.17. The zero-order valence-corrected chi connectivity index (χ0v) is 17.2. The van der Waals surface area contributed by atoms with Crippen molar-refractivity contribution in [2.45, 2.75) is 6.54 Å². The second-order valence-electron chi connectivity index (χ2n) is 6.69. The van der Waals surface area contributed by atoms with Crippen molar-refractivity contribution in [3.8, 4) is 0 Å². The van der Waals surface area contributed by atoms with E-state index in [1.807, 2.05) is 0 Å². The van der Waals surface area contributed by atoms with Crippen LogP contribution >= 0.6 is 0 Å². The molecule has 162 valence electrons. The maximum absolute atomic E-state index is 13.3. The first kappa shape index (κ1) is 22.4. The van der Waals surface area contributed by atoms with Crippen LogP contribution in [-0.4, -0.2) is 29.9 Å². The molecule has 0 unspecified atom stereocenters. The summed E-state index contributed by atoms with van der Waals surface area (Å²) in [6, 6.07) is 15.4. The zero-order valence-electron chi connectivity index (χ0n) is 17.2. The fraction of sp³-hybridized carbons (Fsp3) is 0.0833. The molecule has 2 amide bonds. The highest BCUT2D eigenvalue weighted by atomic mass is 19.1. The quantitative estimate of drug-likeness (QED) is 0.438. The van der Waals surface area contributed by atoms with Gasteiger partial charge in [0.15, 0.2) is 0 Å². The number of amides is 2. The van der Waals surface area contributed by atoms with Gasteiger partial charge in [0.1, 0.15) is 11.5 Å². The summed E-state index contributed by atoms with van der Waals surface area (Å²) in [6.45, 7) is 0.0994. The van der Waals surface area contributed by atoms with Gasteiger partial charge in [-0.25, -0.2) is 9.18 Å². The molecule has 2 aromatic carbocycles. The molecule has 32 heavy (non-hydrogen) atoms. The third-order valence-electron chi connectivity index (χ3n) is 4.31. The van der Waals surface area contributed by atoms with E-state index in [2.05, 4.69) is 15.6 Å². The van der Waals surface area contributed by atoms with Gasteiger partial charge in [-0.15, -0.1) is 0 Å². The second-order valence-corrected chi connectivity index (χ2v) is 6.69. The number of nitrogens with zero attached hydrogens (tertiary/aromatic N) is 1. The minimum Gasteiger partial charge on any atom is -0.465 e. The van der Waals surface area contributed by atoms with Gasteiger partial charge >= 0.3 is 5.97 Å². The number of anilines is 1. The van der Waals surface area contributed by atoms with Gasteiger partial charge in [0, 0.05) is 24.5 Å². The van der Waals surface area contributed by atoms with Gasteiger partial charge in [-0.05, 0) is 59.7 Å². The highest BCUT2D eigenvalue weighted by molar-refractivity contribution is 6.02. The Balaban J connectivity index is 1.74. The molecule has 0 aliphatic rings. The van der Waals surface area contributed by atoms with Gasteiger partial charge in [-0.2, -0.15) is 0 Å². The number of aromatic nitrogens is 1. The molecule has 0 atom stereocenters. The van der Waals surface area contributed by atoms with E-state index in [0.717, 1.165) is 0 Å². The van der Waals surface area contributed by atoms with Crippen LogP contribution in [0.5, 0.6) is 0 Å². The number of methoxy groups -OCH3 is 1. The number of ether oxygens (including phenoxy) is 1. The summed E-state index contributed by atoms with van der Waals surface area (Å²) in [5, 5.41) is 5.37. The number of esters is 1. The number of halogens is 1. The van der Waals surface area contributed by atoms with Gasteiger partial charge in [-0.3, -0.25) is 14.6 Å². The first-order valence-corrected chi connectivity index (χ1v) is 9.61. The SMILES string of the molecule is COC(=O)c1cc(CNC(=O)c2ccccn2)cc(NC(=O)/C=C/c2cccc(F)c2)c1. The number of carbonyl (C=O) groups excluding carboxylic acids is 3. The predicted molar refractivity (Wildman–Crippen MR) is 117 cm³/mol. The van der Waals surface area contributed by atoms with E-state index in [0.29, 0.717) is 16.8 Å². The van der Waals surface area contributed by atoms with Crippen LogP contribution in [0.1, 0.15) is 32.0 Å². The molecule has 3 rings (SSSR count). The molecule has 0 spiro atoms. The Morgan fingerprint density at radius 1 is 1.06 bits per heavy atom. The van der Waals surface area contributed by atoms with Crippen LogP contribution < -0.4 is 10.6 Å². The molecule has 0 fully saturated rings. The summed E-state index contributed by atoms with van der Waals surface area (Å²) in [5.41, 5.74) is 1.90. The molecule has 3 aromatic rings. The third-order valence-corrected chi connectivity index (χ3v) is 4.31. The van der Waals surface area contributed by atoms with Crippen LogP contribution in [0.25, 0.3) is 6.08 Å². The highest BCUT2D eigenvalue weighted by Gasteiger charge is 2.12. The lowest BCUT2D eigenvalue weighted by Crippen LogP contribution is -2.24. The number of rotatable bonds is 7. The maximum atomic E-state index is 13.3. The number of nitrogens with one attached hydrogen (secondary N) is 2. The van der Waals surface area contributed by atoms with E-state index in [-0.39, 0.29) is 23.7 Å². The molecule has 0 radical (unpaired) electrons. The van der Waals surface area contributed by atoms with Crippen molar-refractivity contribution >= 4 is 29.5 Å².